The molecule has 0 spiro atoms. The van der Waals surface area contributed by atoms with E-state index in [1.807, 2.05) is 41.3 Å². The molecule has 1 atom stereocenters. The summed E-state index contributed by atoms with van der Waals surface area (Å²) in [6.07, 6.45) is 7.00. The van der Waals surface area contributed by atoms with Crippen LogP contribution < -0.4 is 9.47 Å². The Morgan fingerprint density at radius 2 is 2.08 bits per heavy atom. The second kappa shape index (κ2) is 6.97. The van der Waals surface area contributed by atoms with Crippen LogP contribution >= 0.6 is 0 Å². The summed E-state index contributed by atoms with van der Waals surface area (Å²) in [5, 5.41) is 0. The van der Waals surface area contributed by atoms with E-state index < -0.39 is 0 Å². The molecule has 2 aromatic rings. The van der Waals surface area contributed by atoms with Crippen LogP contribution in [-0.2, 0) is 4.79 Å². The van der Waals surface area contributed by atoms with Crippen LogP contribution in [0.2, 0.25) is 0 Å². The molecule has 5 heteroatoms. The van der Waals surface area contributed by atoms with Gasteiger partial charge < -0.3 is 14.4 Å². The predicted molar refractivity (Wildman–Crippen MR) is 94.4 cm³/mol. The molecule has 25 heavy (non-hydrogen) atoms. The number of hydrogen-bond donors (Lipinski definition) is 0. The Labute approximate surface area is 146 Å². The highest BCUT2D eigenvalue weighted by Gasteiger charge is 2.32. The van der Waals surface area contributed by atoms with Gasteiger partial charge in [-0.1, -0.05) is 18.2 Å². The van der Waals surface area contributed by atoms with E-state index in [-0.39, 0.29) is 11.9 Å². The number of carbonyl (C=O) groups excluding carboxylic acids is 1. The van der Waals surface area contributed by atoms with E-state index in [9.17, 15) is 4.79 Å². The smallest absolute Gasteiger partial charge is 0.247 e. The van der Waals surface area contributed by atoms with Crippen molar-refractivity contribution in [2.75, 3.05) is 19.8 Å². The molecule has 3 heterocycles. The number of amides is 1. The number of aromatic nitrogens is 1. The number of nitrogens with zero attached hydrogens (tertiary/aromatic N) is 2. The van der Waals surface area contributed by atoms with E-state index >= 15 is 0 Å². The minimum Gasteiger partial charge on any atom is -0.486 e. The van der Waals surface area contributed by atoms with Crippen molar-refractivity contribution in [2.24, 2.45) is 0 Å². The molecule has 1 fully saturated rings. The lowest BCUT2D eigenvalue weighted by Gasteiger charge is -2.28. The lowest BCUT2D eigenvalue weighted by atomic mass is 10.0. The van der Waals surface area contributed by atoms with Crippen molar-refractivity contribution in [2.45, 2.75) is 18.9 Å². The van der Waals surface area contributed by atoms with E-state index in [4.69, 9.17) is 9.47 Å². The fourth-order valence-electron chi connectivity index (χ4n) is 3.44. The summed E-state index contributed by atoms with van der Waals surface area (Å²) in [7, 11) is 0. The number of likely N-dealkylation sites (tertiary alicyclic amines) is 1. The summed E-state index contributed by atoms with van der Waals surface area (Å²) in [5.41, 5.74) is 1.81. The van der Waals surface area contributed by atoms with Crippen LogP contribution in [0.3, 0.4) is 0 Å². The molecular formula is C20H20N2O3. The summed E-state index contributed by atoms with van der Waals surface area (Å²) in [6.45, 7) is 1.86. The molecule has 5 nitrogen and oxygen atoms in total. The fourth-order valence-corrected chi connectivity index (χ4v) is 3.44. The Bertz CT molecular complexity index is 789. The van der Waals surface area contributed by atoms with Gasteiger partial charge in [-0.15, -0.1) is 0 Å². The maximum absolute atomic E-state index is 12.7. The fraction of sp³-hybridized carbons (Fsp3) is 0.300. The second-order valence-corrected chi connectivity index (χ2v) is 6.15. The largest absolute Gasteiger partial charge is 0.486 e. The van der Waals surface area contributed by atoms with Crippen LogP contribution in [0.25, 0.3) is 6.08 Å². The first-order chi connectivity index (χ1) is 12.3. The number of carbonyl (C=O) groups is 1. The standard InChI is InChI=1S/C20H20N2O3/c23-19(10-9-15-5-1-2-11-21-15)22-12-4-7-17(22)16-6-3-8-18-20(16)25-14-13-24-18/h1-3,5-6,8-11,17H,4,7,12-14H2/b10-9+/t17-/m0/s1. The van der Waals surface area contributed by atoms with E-state index in [0.717, 1.165) is 42.1 Å². The van der Waals surface area contributed by atoms with E-state index in [2.05, 4.69) is 4.98 Å². The van der Waals surface area contributed by atoms with Gasteiger partial charge in [0, 0.05) is 24.4 Å². The van der Waals surface area contributed by atoms with E-state index in [0.29, 0.717) is 13.2 Å². The Balaban J connectivity index is 1.57. The van der Waals surface area contributed by atoms with Gasteiger partial charge in [0.25, 0.3) is 0 Å². The van der Waals surface area contributed by atoms with Gasteiger partial charge in [0.05, 0.1) is 11.7 Å². The minimum atomic E-state index is 0.00230. The molecule has 1 saturated heterocycles. The van der Waals surface area contributed by atoms with Crippen molar-refractivity contribution in [1.29, 1.82) is 0 Å². The zero-order valence-corrected chi connectivity index (χ0v) is 13.9. The topological polar surface area (TPSA) is 51.7 Å². The second-order valence-electron chi connectivity index (χ2n) is 6.15. The van der Waals surface area contributed by atoms with Gasteiger partial charge in [0.15, 0.2) is 11.5 Å². The van der Waals surface area contributed by atoms with Gasteiger partial charge in [-0.2, -0.15) is 0 Å². The third-order valence-electron chi connectivity index (χ3n) is 4.58. The molecule has 1 aromatic carbocycles. The van der Waals surface area contributed by atoms with Crippen molar-refractivity contribution in [3.05, 3.63) is 59.9 Å². The average Bonchev–Trinajstić information content (AvgIpc) is 3.16. The summed E-state index contributed by atoms with van der Waals surface area (Å²) in [4.78, 5) is 18.8. The number of rotatable bonds is 3. The summed E-state index contributed by atoms with van der Waals surface area (Å²) in [6, 6.07) is 11.6. The lowest BCUT2D eigenvalue weighted by molar-refractivity contribution is -0.126. The minimum absolute atomic E-state index is 0.00230. The van der Waals surface area contributed by atoms with E-state index in [1.165, 1.54) is 0 Å². The van der Waals surface area contributed by atoms with Crippen molar-refractivity contribution >= 4 is 12.0 Å². The third kappa shape index (κ3) is 3.22. The van der Waals surface area contributed by atoms with Crippen molar-refractivity contribution < 1.29 is 14.3 Å². The number of benzene rings is 1. The Morgan fingerprint density at radius 3 is 2.96 bits per heavy atom. The first-order valence-corrected chi connectivity index (χ1v) is 8.61. The Morgan fingerprint density at radius 1 is 1.16 bits per heavy atom. The predicted octanol–water partition coefficient (Wildman–Crippen LogP) is 3.23. The number of pyridine rings is 1. The maximum Gasteiger partial charge on any atom is 0.247 e. The number of ether oxygens (including phenoxy) is 2. The molecule has 2 aliphatic rings. The third-order valence-corrected chi connectivity index (χ3v) is 4.58. The van der Waals surface area contributed by atoms with Gasteiger partial charge in [-0.3, -0.25) is 9.78 Å². The molecule has 0 unspecified atom stereocenters. The molecule has 1 amide bonds. The summed E-state index contributed by atoms with van der Waals surface area (Å²) >= 11 is 0. The Kier molecular flexibility index (Phi) is 4.37. The highest BCUT2D eigenvalue weighted by Crippen LogP contribution is 2.42. The van der Waals surface area contributed by atoms with E-state index in [1.54, 1.807) is 18.3 Å². The normalized spacial score (nSPS) is 19.4. The summed E-state index contributed by atoms with van der Waals surface area (Å²) < 4.78 is 11.5. The average molecular weight is 336 g/mol. The molecule has 0 bridgehead atoms. The van der Waals surface area contributed by atoms with Crippen LogP contribution in [0.5, 0.6) is 11.5 Å². The Hall–Kier alpha value is -2.82. The van der Waals surface area contributed by atoms with Crippen molar-refractivity contribution in [3.8, 4) is 11.5 Å². The molecule has 0 aliphatic carbocycles. The zero-order valence-electron chi connectivity index (χ0n) is 13.9. The molecular weight excluding hydrogens is 316 g/mol. The molecule has 0 saturated carbocycles. The first-order valence-electron chi connectivity index (χ1n) is 8.61. The molecule has 0 N–H and O–H groups in total. The molecule has 128 valence electrons. The highest BCUT2D eigenvalue weighted by molar-refractivity contribution is 5.92. The monoisotopic (exact) mass is 336 g/mol. The van der Waals surface area contributed by atoms with Gasteiger partial charge in [0.1, 0.15) is 13.2 Å². The molecule has 1 aromatic heterocycles. The number of para-hydroxylation sites is 1. The summed E-state index contributed by atoms with van der Waals surface area (Å²) in [5.74, 6) is 1.56. The van der Waals surface area contributed by atoms with Crippen molar-refractivity contribution in [3.63, 3.8) is 0 Å². The van der Waals surface area contributed by atoms with Gasteiger partial charge in [-0.25, -0.2) is 0 Å². The molecule has 2 aliphatic heterocycles. The van der Waals surface area contributed by atoms with Crippen LogP contribution in [0.1, 0.15) is 30.1 Å². The molecule has 4 rings (SSSR count). The number of fused-ring (bicyclic) bond motifs is 1. The quantitative estimate of drug-likeness (QED) is 0.808. The van der Waals surface area contributed by atoms with Gasteiger partial charge in [0.2, 0.25) is 5.91 Å². The first kappa shape index (κ1) is 15.7. The van der Waals surface area contributed by atoms with Crippen LogP contribution in [0.15, 0.2) is 48.7 Å². The lowest BCUT2D eigenvalue weighted by Crippen LogP contribution is -2.29. The van der Waals surface area contributed by atoms with Crippen LogP contribution in [-0.4, -0.2) is 35.5 Å². The SMILES string of the molecule is O=C(/C=C/c1ccccn1)N1CCC[C@H]1c1cccc2c1OCCO2. The number of hydrogen-bond acceptors (Lipinski definition) is 4. The van der Waals surface area contributed by atoms with Crippen LogP contribution in [0.4, 0.5) is 0 Å². The maximum atomic E-state index is 12.7. The zero-order chi connectivity index (χ0) is 17.1. The highest BCUT2D eigenvalue weighted by atomic mass is 16.6. The van der Waals surface area contributed by atoms with Gasteiger partial charge in [-0.05, 0) is 37.1 Å². The van der Waals surface area contributed by atoms with Crippen LogP contribution in [0, 0.1) is 0 Å². The van der Waals surface area contributed by atoms with Crippen molar-refractivity contribution in [1.82, 2.24) is 9.88 Å². The molecule has 0 radical (unpaired) electrons. The van der Waals surface area contributed by atoms with Gasteiger partial charge >= 0.3 is 0 Å².